The minimum atomic E-state index is -4.99. The Morgan fingerprint density at radius 1 is 1.45 bits per heavy atom. The van der Waals surface area contributed by atoms with Crippen molar-refractivity contribution in [1.29, 1.82) is 0 Å². The smallest absolute Gasteiger partial charge is 0.404 e. The molecule has 0 aliphatic carbocycles. The number of amides is 4. The van der Waals surface area contributed by atoms with Crippen molar-refractivity contribution in [3.8, 4) is 0 Å². The van der Waals surface area contributed by atoms with Crippen LogP contribution in [-0.2, 0) is 34.3 Å². The molecule has 1 aliphatic heterocycles. The number of ether oxygens (including phenoxy) is 1. The van der Waals surface area contributed by atoms with Crippen LogP contribution in [0.15, 0.2) is 10.5 Å². The number of nitrogens with two attached hydrogens (primary N) is 1. The highest BCUT2D eigenvalue weighted by atomic mass is 35.5. The largest absolute Gasteiger partial charge is 0.447 e. The van der Waals surface area contributed by atoms with Crippen molar-refractivity contribution in [2.24, 2.45) is 10.9 Å². The quantitative estimate of drug-likeness (QED) is 0.0989. The number of halogens is 1. The Morgan fingerprint density at radius 3 is 2.68 bits per heavy atom. The van der Waals surface area contributed by atoms with Crippen LogP contribution in [0.25, 0.3) is 0 Å². The third kappa shape index (κ3) is 5.78. The number of primary amides is 1. The first kappa shape index (κ1) is 24.3. The van der Waals surface area contributed by atoms with Crippen molar-refractivity contribution >= 4 is 67.9 Å². The van der Waals surface area contributed by atoms with Crippen LogP contribution in [0.1, 0.15) is 5.69 Å². The molecule has 0 aromatic carbocycles. The standard InChI is InChI=1S/C13H15ClN6O9S2/c1-28-19-8(5-4-30-13(16-5)17-7(21)2-14)10(22)18-9-6(3-29-12(15)24)20(11(9)23)31(25,26)27/h4,6,9H,2-3H2,1H3,(H2,15,24)(H,18,22)(H,16,17,21)(H,25,26,27)/t6-,9+/m1/s1. The highest BCUT2D eigenvalue weighted by Gasteiger charge is 2.54. The van der Waals surface area contributed by atoms with Crippen LogP contribution < -0.4 is 16.4 Å². The van der Waals surface area contributed by atoms with Gasteiger partial charge in [-0.2, -0.15) is 8.42 Å². The first-order chi connectivity index (χ1) is 14.5. The van der Waals surface area contributed by atoms with Crippen LogP contribution in [0.5, 0.6) is 0 Å². The summed E-state index contributed by atoms with van der Waals surface area (Å²) < 4.78 is 36.4. The number of oxime groups is 1. The summed E-state index contributed by atoms with van der Waals surface area (Å²) in [5.74, 6) is -3.07. The highest BCUT2D eigenvalue weighted by molar-refractivity contribution is 7.84. The molecule has 0 radical (unpaired) electrons. The molecule has 31 heavy (non-hydrogen) atoms. The van der Waals surface area contributed by atoms with Gasteiger partial charge in [-0.15, -0.1) is 22.9 Å². The fourth-order valence-corrected chi connectivity index (χ4v) is 4.03. The summed E-state index contributed by atoms with van der Waals surface area (Å²) in [6.07, 6.45) is -1.27. The van der Waals surface area contributed by atoms with Crippen LogP contribution in [0.2, 0.25) is 0 Å². The Balaban J connectivity index is 2.21. The molecule has 170 valence electrons. The lowest BCUT2D eigenvalue weighted by Gasteiger charge is -2.43. The maximum Gasteiger partial charge on any atom is 0.404 e. The number of alkyl halides is 1. The van der Waals surface area contributed by atoms with Crippen molar-refractivity contribution < 1.29 is 41.7 Å². The third-order valence-electron chi connectivity index (χ3n) is 3.61. The molecule has 18 heteroatoms. The molecule has 1 saturated heterocycles. The minimum absolute atomic E-state index is 0.0245. The molecule has 2 rings (SSSR count). The number of anilines is 1. The molecule has 4 amide bonds. The molecule has 1 aromatic rings. The van der Waals surface area contributed by atoms with Gasteiger partial charge in [0, 0.05) is 5.38 Å². The van der Waals surface area contributed by atoms with Gasteiger partial charge in [-0.05, 0) is 0 Å². The van der Waals surface area contributed by atoms with Crippen molar-refractivity contribution in [1.82, 2.24) is 14.6 Å². The number of hydrogen-bond acceptors (Lipinski definition) is 11. The van der Waals surface area contributed by atoms with E-state index < -0.39 is 58.5 Å². The molecule has 0 unspecified atom stereocenters. The summed E-state index contributed by atoms with van der Waals surface area (Å²) in [5.41, 5.74) is 4.36. The van der Waals surface area contributed by atoms with Gasteiger partial charge in [0.2, 0.25) is 5.91 Å². The van der Waals surface area contributed by atoms with E-state index in [9.17, 15) is 27.6 Å². The normalized spacial score (nSPS) is 18.7. The maximum absolute atomic E-state index is 12.6. The zero-order chi connectivity index (χ0) is 23.3. The average Bonchev–Trinajstić information content (AvgIpc) is 3.13. The highest BCUT2D eigenvalue weighted by Crippen LogP contribution is 2.24. The predicted molar refractivity (Wildman–Crippen MR) is 105 cm³/mol. The zero-order valence-corrected chi connectivity index (χ0v) is 17.9. The van der Waals surface area contributed by atoms with Crippen molar-refractivity contribution in [2.45, 2.75) is 12.1 Å². The van der Waals surface area contributed by atoms with Crippen LogP contribution in [-0.4, -0.2) is 83.5 Å². The Hall–Kier alpha value is -3.02. The number of carbonyl (C=O) groups is 4. The van der Waals surface area contributed by atoms with Crippen LogP contribution in [0.3, 0.4) is 0 Å². The summed E-state index contributed by atoms with van der Waals surface area (Å²) in [6.45, 7) is -0.728. The van der Waals surface area contributed by atoms with Gasteiger partial charge in [-0.1, -0.05) is 5.16 Å². The van der Waals surface area contributed by atoms with Gasteiger partial charge in [-0.3, -0.25) is 18.9 Å². The van der Waals surface area contributed by atoms with E-state index >= 15 is 0 Å². The second-order valence-electron chi connectivity index (χ2n) is 5.60. The SMILES string of the molecule is CON=C(C(=O)N[C@@H]1C(=O)N(S(=O)(=O)O)[C@@H]1COC(N)=O)c1csc(NC(=O)CCl)n1. The number of carbonyl (C=O) groups excluding carboxylic acids is 4. The molecule has 0 bridgehead atoms. The molecule has 0 saturated carbocycles. The topological polar surface area (TPSA) is 220 Å². The Bertz CT molecular complexity index is 1030. The first-order valence-electron chi connectivity index (χ1n) is 7.96. The number of β-lactam (4-membered cyclic amide) rings is 1. The fourth-order valence-electron chi connectivity index (χ4n) is 2.39. The van der Waals surface area contributed by atoms with Gasteiger partial charge < -0.3 is 25.9 Å². The molecular formula is C13H15ClN6O9S2. The lowest BCUT2D eigenvalue weighted by Crippen LogP contribution is -2.73. The molecule has 2 heterocycles. The van der Waals surface area contributed by atoms with E-state index in [4.69, 9.17) is 21.9 Å². The van der Waals surface area contributed by atoms with E-state index in [1.165, 1.54) is 5.38 Å². The summed E-state index contributed by atoms with van der Waals surface area (Å²) in [7, 11) is -3.86. The van der Waals surface area contributed by atoms with E-state index in [0.717, 1.165) is 18.4 Å². The molecule has 2 atom stereocenters. The van der Waals surface area contributed by atoms with Crippen LogP contribution in [0.4, 0.5) is 9.93 Å². The van der Waals surface area contributed by atoms with E-state index in [-0.39, 0.29) is 21.0 Å². The molecule has 1 aromatic heterocycles. The summed E-state index contributed by atoms with van der Waals surface area (Å²) in [5, 5.41) is 9.53. The fraction of sp³-hybridized carbons (Fsp3) is 0.385. The Kier molecular flexibility index (Phi) is 7.71. The second-order valence-corrected chi connectivity index (χ2v) is 8.02. The summed E-state index contributed by atoms with van der Waals surface area (Å²) >= 11 is 6.33. The zero-order valence-electron chi connectivity index (χ0n) is 15.5. The van der Waals surface area contributed by atoms with Gasteiger partial charge in [-0.25, -0.2) is 14.1 Å². The van der Waals surface area contributed by atoms with Crippen LogP contribution in [0, 0.1) is 0 Å². The number of aromatic nitrogens is 1. The molecule has 1 aliphatic rings. The Labute approximate surface area is 183 Å². The van der Waals surface area contributed by atoms with E-state index in [0.29, 0.717) is 0 Å². The predicted octanol–water partition coefficient (Wildman–Crippen LogP) is -1.74. The third-order valence-corrected chi connectivity index (χ3v) is 5.56. The lowest BCUT2D eigenvalue weighted by atomic mass is 9.99. The number of nitrogens with zero attached hydrogens (tertiary/aromatic N) is 3. The van der Waals surface area contributed by atoms with Gasteiger partial charge >= 0.3 is 16.4 Å². The van der Waals surface area contributed by atoms with Crippen molar-refractivity contribution in [2.75, 3.05) is 24.9 Å². The van der Waals surface area contributed by atoms with E-state index in [2.05, 4.69) is 30.3 Å². The maximum atomic E-state index is 12.6. The first-order valence-corrected chi connectivity index (χ1v) is 10.8. The van der Waals surface area contributed by atoms with Crippen molar-refractivity contribution in [3.05, 3.63) is 11.1 Å². The summed E-state index contributed by atoms with van der Waals surface area (Å²) in [6, 6.07) is -2.97. The van der Waals surface area contributed by atoms with Gasteiger partial charge in [0.15, 0.2) is 10.8 Å². The second kappa shape index (κ2) is 9.86. The number of thiazole rings is 1. The molecule has 1 fully saturated rings. The molecule has 0 spiro atoms. The average molecular weight is 499 g/mol. The number of nitrogens with one attached hydrogen (secondary N) is 2. The van der Waals surface area contributed by atoms with E-state index in [1.807, 2.05) is 0 Å². The monoisotopic (exact) mass is 498 g/mol. The van der Waals surface area contributed by atoms with Crippen LogP contribution >= 0.6 is 22.9 Å². The Morgan fingerprint density at radius 2 is 2.13 bits per heavy atom. The van der Waals surface area contributed by atoms with Gasteiger partial charge in [0.05, 0.1) is 0 Å². The van der Waals surface area contributed by atoms with Gasteiger partial charge in [0.25, 0.3) is 11.8 Å². The number of hydrogen-bond donors (Lipinski definition) is 4. The lowest BCUT2D eigenvalue weighted by molar-refractivity contribution is -0.146. The van der Waals surface area contributed by atoms with E-state index in [1.54, 1.807) is 0 Å². The minimum Gasteiger partial charge on any atom is -0.447 e. The summed E-state index contributed by atoms with van der Waals surface area (Å²) in [4.78, 5) is 55.5. The molecular weight excluding hydrogens is 484 g/mol. The van der Waals surface area contributed by atoms with Gasteiger partial charge in [0.1, 0.15) is 37.4 Å². The molecule has 15 nitrogen and oxygen atoms in total. The molecule has 5 N–H and O–H groups in total. The number of rotatable bonds is 9. The van der Waals surface area contributed by atoms with Crippen molar-refractivity contribution in [3.63, 3.8) is 0 Å².